The number of ether oxygens (including phenoxy) is 2. The van der Waals surface area contributed by atoms with Crippen molar-refractivity contribution in [1.29, 1.82) is 0 Å². The molecule has 1 amide bonds. The highest BCUT2D eigenvalue weighted by Gasteiger charge is 2.13. The van der Waals surface area contributed by atoms with Gasteiger partial charge >= 0.3 is 5.97 Å². The first-order chi connectivity index (χ1) is 12.6. The number of esters is 1. The highest BCUT2D eigenvalue weighted by atomic mass is 16.5. The predicted octanol–water partition coefficient (Wildman–Crippen LogP) is 3.81. The van der Waals surface area contributed by atoms with Crippen molar-refractivity contribution in [2.24, 2.45) is 0 Å². The van der Waals surface area contributed by atoms with E-state index < -0.39 is 6.10 Å². The molecule has 0 bridgehead atoms. The molecule has 2 rings (SSSR count). The van der Waals surface area contributed by atoms with Gasteiger partial charge in [0.25, 0.3) is 5.91 Å². The summed E-state index contributed by atoms with van der Waals surface area (Å²) in [7, 11) is 0. The summed E-state index contributed by atoms with van der Waals surface area (Å²) < 4.78 is 10.4. The van der Waals surface area contributed by atoms with Gasteiger partial charge < -0.3 is 14.8 Å². The molecule has 5 nitrogen and oxygen atoms in total. The summed E-state index contributed by atoms with van der Waals surface area (Å²) in [4.78, 5) is 23.5. The summed E-state index contributed by atoms with van der Waals surface area (Å²) in [6.45, 7) is 4.20. The van der Waals surface area contributed by atoms with Gasteiger partial charge in [0.05, 0.1) is 13.2 Å². The summed E-state index contributed by atoms with van der Waals surface area (Å²) in [5.41, 5.74) is 2.52. The summed E-state index contributed by atoms with van der Waals surface area (Å²) in [6.07, 6.45) is 2.46. The Morgan fingerprint density at radius 3 is 2.42 bits per heavy atom. The second kappa shape index (κ2) is 10.2. The fourth-order valence-corrected chi connectivity index (χ4v) is 2.15. The van der Waals surface area contributed by atoms with Gasteiger partial charge in [0, 0.05) is 11.8 Å². The number of hydrogen-bond donors (Lipinski definition) is 1. The molecule has 2 aromatic carbocycles. The lowest BCUT2D eigenvalue weighted by Gasteiger charge is -2.13. The second-order valence-corrected chi connectivity index (χ2v) is 5.64. The van der Waals surface area contributed by atoms with Crippen LogP contribution in [0.25, 0.3) is 6.08 Å². The SMILES string of the molecule is CCOC(=O)/C=C/c1ccc(NC(=O)C(C)OCc2ccccc2)cc1. The number of carbonyl (C=O) groups is 2. The molecule has 0 aliphatic rings. The lowest BCUT2D eigenvalue weighted by molar-refractivity contribution is -0.137. The van der Waals surface area contributed by atoms with E-state index in [2.05, 4.69) is 5.32 Å². The number of benzene rings is 2. The Labute approximate surface area is 153 Å². The Hall–Kier alpha value is -2.92. The van der Waals surface area contributed by atoms with Crippen LogP contribution in [0, 0.1) is 0 Å². The molecule has 26 heavy (non-hydrogen) atoms. The van der Waals surface area contributed by atoms with Crippen molar-refractivity contribution in [3.05, 3.63) is 71.8 Å². The van der Waals surface area contributed by atoms with Crippen LogP contribution in [0.1, 0.15) is 25.0 Å². The molecule has 2 aromatic rings. The van der Waals surface area contributed by atoms with Crippen LogP contribution in [0.3, 0.4) is 0 Å². The molecule has 0 spiro atoms. The first-order valence-electron chi connectivity index (χ1n) is 8.49. The number of hydrogen-bond acceptors (Lipinski definition) is 4. The zero-order chi connectivity index (χ0) is 18.8. The van der Waals surface area contributed by atoms with Crippen molar-refractivity contribution in [1.82, 2.24) is 0 Å². The van der Waals surface area contributed by atoms with E-state index in [0.717, 1.165) is 11.1 Å². The predicted molar refractivity (Wildman–Crippen MR) is 101 cm³/mol. The average molecular weight is 353 g/mol. The van der Waals surface area contributed by atoms with Crippen LogP contribution in [0.15, 0.2) is 60.7 Å². The third-order valence-electron chi connectivity index (χ3n) is 3.59. The molecule has 136 valence electrons. The minimum atomic E-state index is -0.571. The minimum absolute atomic E-state index is 0.212. The number of nitrogens with one attached hydrogen (secondary N) is 1. The van der Waals surface area contributed by atoms with Gasteiger partial charge in [0.1, 0.15) is 6.10 Å². The Kier molecular flexibility index (Phi) is 7.58. The number of anilines is 1. The summed E-state index contributed by atoms with van der Waals surface area (Å²) >= 11 is 0. The molecule has 1 unspecified atom stereocenters. The molecule has 1 N–H and O–H groups in total. The molecule has 0 saturated carbocycles. The van der Waals surface area contributed by atoms with Crippen LogP contribution < -0.4 is 5.32 Å². The first-order valence-corrected chi connectivity index (χ1v) is 8.49. The molecule has 0 heterocycles. The topological polar surface area (TPSA) is 64.6 Å². The van der Waals surface area contributed by atoms with E-state index >= 15 is 0 Å². The molecule has 0 aliphatic heterocycles. The average Bonchev–Trinajstić information content (AvgIpc) is 2.66. The Morgan fingerprint density at radius 1 is 1.08 bits per heavy atom. The van der Waals surface area contributed by atoms with Gasteiger partial charge in [-0.2, -0.15) is 0 Å². The molecule has 1 atom stereocenters. The van der Waals surface area contributed by atoms with E-state index in [1.807, 2.05) is 30.3 Å². The van der Waals surface area contributed by atoms with E-state index in [9.17, 15) is 9.59 Å². The van der Waals surface area contributed by atoms with Gasteiger partial charge in [-0.1, -0.05) is 42.5 Å². The number of amides is 1. The van der Waals surface area contributed by atoms with Crippen LogP contribution in [0.2, 0.25) is 0 Å². The third kappa shape index (κ3) is 6.53. The molecular formula is C21H23NO4. The molecule has 0 saturated heterocycles. The Morgan fingerprint density at radius 2 is 1.77 bits per heavy atom. The normalized spacial score (nSPS) is 11.9. The fraction of sp³-hybridized carbons (Fsp3) is 0.238. The zero-order valence-electron chi connectivity index (χ0n) is 15.0. The van der Waals surface area contributed by atoms with Crippen molar-refractivity contribution in [3.63, 3.8) is 0 Å². The van der Waals surface area contributed by atoms with Crippen LogP contribution in [0.4, 0.5) is 5.69 Å². The maximum Gasteiger partial charge on any atom is 0.330 e. The fourth-order valence-electron chi connectivity index (χ4n) is 2.15. The van der Waals surface area contributed by atoms with Crippen molar-refractivity contribution >= 4 is 23.6 Å². The molecule has 0 radical (unpaired) electrons. The van der Waals surface area contributed by atoms with E-state index in [1.54, 1.807) is 44.2 Å². The second-order valence-electron chi connectivity index (χ2n) is 5.64. The standard InChI is InChI=1S/C21H23NO4/c1-3-25-20(23)14-11-17-9-12-19(13-10-17)22-21(24)16(2)26-15-18-7-5-4-6-8-18/h4-14,16H,3,15H2,1-2H3,(H,22,24)/b14-11+. The quantitative estimate of drug-likeness (QED) is 0.579. The molecule has 5 heteroatoms. The summed E-state index contributed by atoms with van der Waals surface area (Å²) in [5, 5.41) is 2.81. The van der Waals surface area contributed by atoms with Gasteiger partial charge in [0.15, 0.2) is 0 Å². The third-order valence-corrected chi connectivity index (χ3v) is 3.59. The van der Waals surface area contributed by atoms with Crippen LogP contribution in [-0.4, -0.2) is 24.6 Å². The van der Waals surface area contributed by atoms with Crippen molar-refractivity contribution in [2.75, 3.05) is 11.9 Å². The lowest BCUT2D eigenvalue weighted by Crippen LogP contribution is -2.27. The van der Waals surface area contributed by atoms with Crippen molar-refractivity contribution < 1.29 is 19.1 Å². The zero-order valence-corrected chi connectivity index (χ0v) is 15.0. The van der Waals surface area contributed by atoms with Gasteiger partial charge in [-0.05, 0) is 43.2 Å². The number of carbonyl (C=O) groups excluding carboxylic acids is 2. The highest BCUT2D eigenvalue weighted by Crippen LogP contribution is 2.12. The molecule has 0 aliphatic carbocycles. The van der Waals surface area contributed by atoms with Gasteiger partial charge in [-0.15, -0.1) is 0 Å². The van der Waals surface area contributed by atoms with Crippen LogP contribution >= 0.6 is 0 Å². The van der Waals surface area contributed by atoms with Gasteiger partial charge in [-0.25, -0.2) is 4.79 Å². The van der Waals surface area contributed by atoms with E-state index in [-0.39, 0.29) is 11.9 Å². The smallest absolute Gasteiger partial charge is 0.330 e. The highest BCUT2D eigenvalue weighted by molar-refractivity contribution is 5.94. The largest absolute Gasteiger partial charge is 0.463 e. The van der Waals surface area contributed by atoms with E-state index in [4.69, 9.17) is 9.47 Å². The minimum Gasteiger partial charge on any atom is -0.463 e. The van der Waals surface area contributed by atoms with E-state index in [1.165, 1.54) is 6.08 Å². The van der Waals surface area contributed by atoms with Gasteiger partial charge in [0.2, 0.25) is 0 Å². The lowest BCUT2D eigenvalue weighted by atomic mass is 10.2. The summed E-state index contributed by atoms with van der Waals surface area (Å²) in [6, 6.07) is 16.9. The number of rotatable bonds is 8. The molecule has 0 fully saturated rings. The van der Waals surface area contributed by atoms with Crippen LogP contribution in [-0.2, 0) is 25.7 Å². The van der Waals surface area contributed by atoms with E-state index in [0.29, 0.717) is 18.9 Å². The maximum atomic E-state index is 12.2. The molecule has 0 aromatic heterocycles. The summed E-state index contributed by atoms with van der Waals surface area (Å²) in [5.74, 6) is -0.593. The van der Waals surface area contributed by atoms with Crippen LogP contribution in [0.5, 0.6) is 0 Å². The van der Waals surface area contributed by atoms with Crippen molar-refractivity contribution in [3.8, 4) is 0 Å². The Bertz CT molecular complexity index is 738. The maximum absolute atomic E-state index is 12.2. The first kappa shape index (κ1) is 19.4. The monoisotopic (exact) mass is 353 g/mol. The molecular weight excluding hydrogens is 330 g/mol. The Balaban J connectivity index is 1.83. The van der Waals surface area contributed by atoms with Gasteiger partial charge in [-0.3, -0.25) is 4.79 Å². The van der Waals surface area contributed by atoms with Crippen molar-refractivity contribution in [2.45, 2.75) is 26.6 Å².